The van der Waals surface area contributed by atoms with Crippen molar-refractivity contribution in [2.75, 3.05) is 20.8 Å². The van der Waals surface area contributed by atoms with Crippen LogP contribution in [0.1, 0.15) is 31.2 Å². The first-order valence-electron chi connectivity index (χ1n) is 6.75. The van der Waals surface area contributed by atoms with Crippen LogP contribution in [0, 0.1) is 5.92 Å². The second kappa shape index (κ2) is 6.64. The van der Waals surface area contributed by atoms with E-state index >= 15 is 0 Å². The Morgan fingerprint density at radius 2 is 2.06 bits per heavy atom. The molecule has 0 heterocycles. The van der Waals surface area contributed by atoms with E-state index in [0.717, 1.165) is 36.1 Å². The third-order valence-corrected chi connectivity index (χ3v) is 3.76. The van der Waals surface area contributed by atoms with Crippen LogP contribution in [0.5, 0.6) is 11.5 Å². The predicted octanol–water partition coefficient (Wildman–Crippen LogP) is 2.98. The van der Waals surface area contributed by atoms with Crippen molar-refractivity contribution in [3.63, 3.8) is 0 Å². The number of ether oxygens (including phenoxy) is 2. The fourth-order valence-corrected chi connectivity index (χ4v) is 2.33. The van der Waals surface area contributed by atoms with E-state index in [1.807, 2.05) is 18.2 Å². The van der Waals surface area contributed by atoms with Crippen LogP contribution in [0.2, 0.25) is 0 Å². The lowest BCUT2D eigenvalue weighted by Crippen LogP contribution is -2.21. The number of methoxy groups -OCH3 is 2. The summed E-state index contributed by atoms with van der Waals surface area (Å²) in [4.78, 5) is 0. The predicted molar refractivity (Wildman–Crippen MR) is 73.2 cm³/mol. The molecule has 1 fully saturated rings. The fourth-order valence-electron chi connectivity index (χ4n) is 2.33. The molecule has 0 saturated heterocycles. The van der Waals surface area contributed by atoms with Crippen LogP contribution >= 0.6 is 0 Å². The Hall–Kier alpha value is -1.22. The highest BCUT2D eigenvalue weighted by Crippen LogP contribution is 2.29. The fraction of sp³-hybridized carbons (Fsp3) is 0.600. The third kappa shape index (κ3) is 3.39. The maximum absolute atomic E-state index is 5.36. The lowest BCUT2D eigenvalue weighted by Gasteiger charge is -2.25. The first-order valence-corrected chi connectivity index (χ1v) is 6.75. The van der Waals surface area contributed by atoms with E-state index in [9.17, 15) is 0 Å². The maximum atomic E-state index is 5.36. The standard InChI is InChI=1S/C15H23NO2/c1-17-14-6-7-15(18-2)13(10-14)11-16-9-8-12-4-3-5-12/h6-7,10,12,16H,3-5,8-9,11H2,1-2H3. The summed E-state index contributed by atoms with van der Waals surface area (Å²) in [6.07, 6.45) is 5.56. The maximum Gasteiger partial charge on any atom is 0.123 e. The average molecular weight is 249 g/mol. The molecule has 1 aliphatic rings. The highest BCUT2D eigenvalue weighted by molar-refractivity contribution is 5.40. The molecule has 1 aromatic carbocycles. The van der Waals surface area contributed by atoms with Gasteiger partial charge in [0.2, 0.25) is 0 Å². The molecule has 100 valence electrons. The van der Waals surface area contributed by atoms with E-state index in [4.69, 9.17) is 9.47 Å². The van der Waals surface area contributed by atoms with Crippen LogP contribution in [-0.2, 0) is 6.54 Å². The van der Waals surface area contributed by atoms with Gasteiger partial charge in [0.25, 0.3) is 0 Å². The monoisotopic (exact) mass is 249 g/mol. The van der Waals surface area contributed by atoms with Crippen molar-refractivity contribution in [3.8, 4) is 11.5 Å². The van der Waals surface area contributed by atoms with Crippen molar-refractivity contribution < 1.29 is 9.47 Å². The summed E-state index contributed by atoms with van der Waals surface area (Å²) in [7, 11) is 3.40. The van der Waals surface area contributed by atoms with Crippen LogP contribution in [0.25, 0.3) is 0 Å². The summed E-state index contributed by atoms with van der Waals surface area (Å²) in [5.74, 6) is 2.77. The van der Waals surface area contributed by atoms with Gasteiger partial charge in [0.1, 0.15) is 11.5 Å². The van der Waals surface area contributed by atoms with Crippen molar-refractivity contribution in [1.82, 2.24) is 5.32 Å². The van der Waals surface area contributed by atoms with Crippen LogP contribution in [0.3, 0.4) is 0 Å². The molecule has 0 aromatic heterocycles. The number of nitrogens with one attached hydrogen (secondary N) is 1. The number of benzene rings is 1. The molecular weight excluding hydrogens is 226 g/mol. The van der Waals surface area contributed by atoms with Gasteiger partial charge in [-0.05, 0) is 37.1 Å². The topological polar surface area (TPSA) is 30.5 Å². The largest absolute Gasteiger partial charge is 0.497 e. The van der Waals surface area contributed by atoms with Crippen molar-refractivity contribution in [1.29, 1.82) is 0 Å². The van der Waals surface area contributed by atoms with Gasteiger partial charge >= 0.3 is 0 Å². The molecule has 18 heavy (non-hydrogen) atoms. The highest BCUT2D eigenvalue weighted by Gasteiger charge is 2.16. The Morgan fingerprint density at radius 3 is 2.67 bits per heavy atom. The Morgan fingerprint density at radius 1 is 1.22 bits per heavy atom. The summed E-state index contributed by atoms with van der Waals surface area (Å²) in [6.45, 7) is 1.93. The zero-order valence-corrected chi connectivity index (χ0v) is 11.4. The Labute approximate surface area is 109 Å². The second-order valence-electron chi connectivity index (χ2n) is 4.94. The molecule has 1 N–H and O–H groups in total. The van der Waals surface area contributed by atoms with E-state index in [1.54, 1.807) is 14.2 Å². The summed E-state index contributed by atoms with van der Waals surface area (Å²) in [6, 6.07) is 5.92. The summed E-state index contributed by atoms with van der Waals surface area (Å²) >= 11 is 0. The van der Waals surface area contributed by atoms with E-state index in [1.165, 1.54) is 25.7 Å². The van der Waals surface area contributed by atoms with Gasteiger partial charge < -0.3 is 14.8 Å². The van der Waals surface area contributed by atoms with Crippen molar-refractivity contribution in [3.05, 3.63) is 23.8 Å². The highest BCUT2D eigenvalue weighted by atomic mass is 16.5. The molecule has 0 aliphatic heterocycles. The normalized spacial score (nSPS) is 15.2. The number of rotatable bonds is 7. The van der Waals surface area contributed by atoms with Crippen LogP contribution < -0.4 is 14.8 Å². The molecule has 0 spiro atoms. The molecule has 3 nitrogen and oxygen atoms in total. The molecule has 0 atom stereocenters. The number of hydrogen-bond acceptors (Lipinski definition) is 3. The first kappa shape index (κ1) is 13.2. The molecule has 1 aromatic rings. The van der Waals surface area contributed by atoms with Crippen LogP contribution in [-0.4, -0.2) is 20.8 Å². The summed E-state index contributed by atoms with van der Waals surface area (Å²) < 4.78 is 10.6. The minimum Gasteiger partial charge on any atom is -0.497 e. The van der Waals surface area contributed by atoms with Crippen molar-refractivity contribution in [2.45, 2.75) is 32.2 Å². The van der Waals surface area contributed by atoms with Crippen LogP contribution in [0.4, 0.5) is 0 Å². The minimum atomic E-state index is 0.840. The SMILES string of the molecule is COc1ccc(OC)c(CNCCC2CCC2)c1. The summed E-state index contributed by atoms with van der Waals surface area (Å²) in [5, 5.41) is 3.49. The minimum absolute atomic E-state index is 0.840. The Balaban J connectivity index is 1.82. The van der Waals surface area contributed by atoms with Gasteiger partial charge in [0.05, 0.1) is 14.2 Å². The molecule has 3 heteroatoms. The molecule has 0 amide bonds. The van der Waals surface area contributed by atoms with Gasteiger partial charge in [-0.25, -0.2) is 0 Å². The average Bonchev–Trinajstić information content (AvgIpc) is 2.36. The second-order valence-corrected chi connectivity index (χ2v) is 4.94. The molecular formula is C15H23NO2. The van der Waals surface area contributed by atoms with Crippen molar-refractivity contribution >= 4 is 0 Å². The van der Waals surface area contributed by atoms with E-state index in [2.05, 4.69) is 5.32 Å². The zero-order valence-electron chi connectivity index (χ0n) is 11.4. The van der Waals surface area contributed by atoms with Gasteiger partial charge in [0.15, 0.2) is 0 Å². The van der Waals surface area contributed by atoms with E-state index in [0.29, 0.717) is 0 Å². The number of hydrogen-bond donors (Lipinski definition) is 1. The van der Waals surface area contributed by atoms with Crippen molar-refractivity contribution in [2.24, 2.45) is 5.92 Å². The van der Waals surface area contributed by atoms with Gasteiger partial charge in [-0.15, -0.1) is 0 Å². The lowest BCUT2D eigenvalue weighted by molar-refractivity contribution is 0.291. The smallest absolute Gasteiger partial charge is 0.123 e. The van der Waals surface area contributed by atoms with E-state index in [-0.39, 0.29) is 0 Å². The summed E-state index contributed by atoms with van der Waals surface area (Å²) in [5.41, 5.74) is 1.16. The molecule has 1 aliphatic carbocycles. The molecule has 2 rings (SSSR count). The Bertz CT molecular complexity index is 375. The van der Waals surface area contributed by atoms with Crippen LogP contribution in [0.15, 0.2) is 18.2 Å². The van der Waals surface area contributed by atoms with Gasteiger partial charge in [-0.2, -0.15) is 0 Å². The van der Waals surface area contributed by atoms with Gasteiger partial charge in [-0.1, -0.05) is 19.3 Å². The molecule has 0 bridgehead atoms. The Kier molecular flexibility index (Phi) is 4.88. The lowest BCUT2D eigenvalue weighted by atomic mass is 9.83. The van der Waals surface area contributed by atoms with Gasteiger partial charge in [0, 0.05) is 12.1 Å². The quantitative estimate of drug-likeness (QED) is 0.754. The molecule has 0 radical (unpaired) electrons. The molecule has 1 saturated carbocycles. The zero-order chi connectivity index (χ0) is 12.8. The molecule has 0 unspecified atom stereocenters. The van der Waals surface area contributed by atoms with E-state index < -0.39 is 0 Å². The third-order valence-electron chi connectivity index (χ3n) is 3.76. The van der Waals surface area contributed by atoms with Gasteiger partial charge in [-0.3, -0.25) is 0 Å². The first-order chi connectivity index (χ1) is 8.83.